The molecule has 0 aliphatic heterocycles. The fraction of sp³-hybridized carbons (Fsp3) is 0.211. The van der Waals surface area contributed by atoms with Gasteiger partial charge in [0, 0.05) is 16.8 Å². The molecule has 0 saturated heterocycles. The first-order chi connectivity index (χ1) is 13.6. The molecule has 1 amide bonds. The van der Waals surface area contributed by atoms with Crippen molar-refractivity contribution in [3.8, 4) is 5.69 Å². The smallest absolute Gasteiger partial charge is 0.418 e. The molecule has 0 saturated carbocycles. The molecule has 10 heteroatoms. The molecule has 2 heterocycles. The molecular weight excluding hydrogens is 407 g/mol. The number of hydrogen-bond donors (Lipinski definition) is 2. The molecule has 0 spiro atoms. The van der Waals surface area contributed by atoms with Crippen LogP contribution in [0.1, 0.15) is 33.0 Å². The average molecular weight is 423 g/mol. The van der Waals surface area contributed by atoms with Crippen molar-refractivity contribution >= 4 is 28.3 Å². The highest BCUT2D eigenvalue weighted by Gasteiger charge is 2.34. The number of aromatic nitrogens is 2. The van der Waals surface area contributed by atoms with Crippen LogP contribution in [0.5, 0.6) is 0 Å². The van der Waals surface area contributed by atoms with Gasteiger partial charge in [0.1, 0.15) is 0 Å². The van der Waals surface area contributed by atoms with Crippen LogP contribution in [0.4, 0.5) is 18.3 Å². The van der Waals surface area contributed by atoms with Crippen LogP contribution in [0.25, 0.3) is 5.69 Å². The van der Waals surface area contributed by atoms with Crippen molar-refractivity contribution in [1.82, 2.24) is 9.55 Å². The molecule has 0 atom stereocenters. The molecule has 0 unspecified atom stereocenters. The number of alkyl halides is 3. The van der Waals surface area contributed by atoms with Crippen molar-refractivity contribution in [2.45, 2.75) is 26.4 Å². The highest BCUT2D eigenvalue weighted by Crippen LogP contribution is 2.35. The van der Waals surface area contributed by atoms with E-state index in [9.17, 15) is 22.8 Å². The first-order valence-corrected chi connectivity index (χ1v) is 9.29. The Balaban J connectivity index is 1.93. The van der Waals surface area contributed by atoms with Gasteiger partial charge < -0.3 is 9.67 Å². The first kappa shape index (κ1) is 20.6. The Bertz CT molecular complexity index is 1090. The summed E-state index contributed by atoms with van der Waals surface area (Å²) < 4.78 is 41.6. The molecule has 152 valence electrons. The number of anilines is 1. The van der Waals surface area contributed by atoms with E-state index in [2.05, 4.69) is 10.3 Å². The number of benzene rings is 1. The highest BCUT2D eigenvalue weighted by atomic mass is 32.1. The van der Waals surface area contributed by atoms with Gasteiger partial charge in [-0.05, 0) is 32.0 Å². The average Bonchev–Trinajstić information content (AvgIpc) is 3.17. The zero-order valence-corrected chi connectivity index (χ0v) is 16.2. The van der Waals surface area contributed by atoms with Crippen LogP contribution in [0, 0.1) is 13.8 Å². The van der Waals surface area contributed by atoms with Crippen LogP contribution in [-0.4, -0.2) is 26.5 Å². The molecule has 3 aromatic rings. The van der Waals surface area contributed by atoms with Crippen LogP contribution < -0.4 is 5.32 Å². The topological polar surface area (TPSA) is 84.2 Å². The Morgan fingerprint density at radius 3 is 2.59 bits per heavy atom. The summed E-state index contributed by atoms with van der Waals surface area (Å²) in [6.07, 6.45) is -4.81. The highest BCUT2D eigenvalue weighted by molar-refractivity contribution is 7.14. The minimum absolute atomic E-state index is 0.0629. The summed E-state index contributed by atoms with van der Waals surface area (Å²) in [5.74, 6) is -1.58. The van der Waals surface area contributed by atoms with Gasteiger partial charge in [0.05, 0.1) is 28.9 Å². The van der Waals surface area contributed by atoms with E-state index < -0.39 is 23.6 Å². The van der Waals surface area contributed by atoms with E-state index in [0.29, 0.717) is 17.1 Å². The van der Waals surface area contributed by atoms with Gasteiger partial charge in [-0.1, -0.05) is 12.1 Å². The first-order valence-electron chi connectivity index (χ1n) is 8.41. The number of nitrogens with one attached hydrogen (secondary N) is 1. The number of carbonyl (C=O) groups is 2. The minimum atomic E-state index is -4.54. The number of aryl methyl sites for hydroxylation is 1. The number of carboxylic acid groups (broad SMARTS) is 1. The van der Waals surface area contributed by atoms with E-state index in [1.165, 1.54) is 34.2 Å². The SMILES string of the molecule is Cc1cc(C(=O)Nc2nc(CC(=O)O)cs2)c(C)n1-c1ccccc1C(F)(F)F. The number of halogens is 3. The van der Waals surface area contributed by atoms with E-state index in [1.54, 1.807) is 13.8 Å². The maximum atomic E-state index is 13.4. The van der Waals surface area contributed by atoms with Crippen molar-refractivity contribution in [3.63, 3.8) is 0 Å². The van der Waals surface area contributed by atoms with Gasteiger partial charge in [0.15, 0.2) is 5.13 Å². The molecule has 0 radical (unpaired) electrons. The number of para-hydroxylation sites is 1. The lowest BCUT2D eigenvalue weighted by atomic mass is 10.1. The lowest BCUT2D eigenvalue weighted by molar-refractivity contribution is -0.138. The number of aliphatic carboxylic acids is 1. The van der Waals surface area contributed by atoms with Crippen LogP contribution in [0.2, 0.25) is 0 Å². The molecule has 0 fully saturated rings. The Labute approximate surface area is 167 Å². The maximum absolute atomic E-state index is 13.4. The third-order valence-electron chi connectivity index (χ3n) is 4.23. The summed E-state index contributed by atoms with van der Waals surface area (Å²) in [6, 6.07) is 6.66. The summed E-state index contributed by atoms with van der Waals surface area (Å²) in [4.78, 5) is 27.4. The zero-order valence-electron chi connectivity index (χ0n) is 15.4. The quantitative estimate of drug-likeness (QED) is 0.635. The van der Waals surface area contributed by atoms with Crippen LogP contribution in [0.15, 0.2) is 35.7 Å². The second-order valence-corrected chi connectivity index (χ2v) is 7.16. The van der Waals surface area contributed by atoms with Crippen molar-refractivity contribution in [1.29, 1.82) is 0 Å². The third-order valence-corrected chi connectivity index (χ3v) is 5.04. The number of hydrogen-bond acceptors (Lipinski definition) is 4. The zero-order chi connectivity index (χ0) is 21.3. The Morgan fingerprint density at radius 2 is 1.93 bits per heavy atom. The number of amides is 1. The molecule has 6 nitrogen and oxygen atoms in total. The number of thiazole rings is 1. The van der Waals surface area contributed by atoms with E-state index in [4.69, 9.17) is 5.11 Å². The van der Waals surface area contributed by atoms with Crippen molar-refractivity contribution in [3.05, 3.63) is 63.9 Å². The second-order valence-electron chi connectivity index (χ2n) is 6.30. The fourth-order valence-corrected chi connectivity index (χ4v) is 3.74. The predicted molar refractivity (Wildman–Crippen MR) is 102 cm³/mol. The van der Waals surface area contributed by atoms with Gasteiger partial charge in [-0.2, -0.15) is 13.2 Å². The molecule has 2 N–H and O–H groups in total. The summed E-state index contributed by atoms with van der Waals surface area (Å²) in [7, 11) is 0. The lowest BCUT2D eigenvalue weighted by Gasteiger charge is -2.16. The van der Waals surface area contributed by atoms with E-state index in [0.717, 1.165) is 17.4 Å². The number of nitrogens with zero attached hydrogens (tertiary/aromatic N) is 2. The van der Waals surface area contributed by atoms with Crippen LogP contribution in [-0.2, 0) is 17.4 Å². The normalized spacial score (nSPS) is 11.5. The summed E-state index contributed by atoms with van der Waals surface area (Å²) in [5.41, 5.74) is 0.463. The molecule has 2 aromatic heterocycles. The molecule has 0 bridgehead atoms. The maximum Gasteiger partial charge on any atom is 0.418 e. The summed E-state index contributed by atoms with van der Waals surface area (Å²) in [5, 5.41) is 13.1. The largest absolute Gasteiger partial charge is 0.481 e. The van der Waals surface area contributed by atoms with Gasteiger partial charge in [-0.25, -0.2) is 4.98 Å². The van der Waals surface area contributed by atoms with E-state index in [1.807, 2.05) is 0 Å². The van der Waals surface area contributed by atoms with E-state index >= 15 is 0 Å². The standard InChI is InChI=1S/C19H16F3N3O3S/c1-10-7-13(17(28)24-18-23-12(9-29-18)8-16(26)27)11(2)25(10)15-6-4-3-5-14(15)19(20,21)22/h3-7,9H,8H2,1-2H3,(H,26,27)(H,23,24,28). The Kier molecular flexibility index (Phi) is 5.47. The lowest BCUT2D eigenvalue weighted by Crippen LogP contribution is -2.15. The van der Waals surface area contributed by atoms with Gasteiger partial charge in [-0.15, -0.1) is 11.3 Å². The Hall–Kier alpha value is -3.14. The molecule has 29 heavy (non-hydrogen) atoms. The molecular formula is C19H16F3N3O3S. The van der Waals surface area contributed by atoms with Crippen molar-refractivity contribution in [2.75, 3.05) is 5.32 Å². The third kappa shape index (κ3) is 4.32. The summed E-state index contributed by atoms with van der Waals surface area (Å²) in [6.45, 7) is 3.18. The number of carbonyl (C=O) groups excluding carboxylic acids is 1. The number of carboxylic acids is 1. The molecule has 1 aromatic carbocycles. The minimum Gasteiger partial charge on any atom is -0.481 e. The predicted octanol–water partition coefficient (Wildman–Crippen LogP) is 4.45. The summed E-state index contributed by atoms with van der Waals surface area (Å²) >= 11 is 1.07. The van der Waals surface area contributed by atoms with Crippen molar-refractivity contribution in [2.24, 2.45) is 0 Å². The van der Waals surface area contributed by atoms with Crippen LogP contribution in [0.3, 0.4) is 0 Å². The fourth-order valence-electron chi connectivity index (χ4n) is 3.04. The molecule has 0 aliphatic rings. The molecule has 3 rings (SSSR count). The molecule has 0 aliphatic carbocycles. The van der Waals surface area contributed by atoms with E-state index in [-0.39, 0.29) is 22.8 Å². The number of rotatable bonds is 5. The second kappa shape index (κ2) is 7.70. The van der Waals surface area contributed by atoms with Gasteiger partial charge in [0.2, 0.25) is 0 Å². The Morgan fingerprint density at radius 1 is 1.24 bits per heavy atom. The van der Waals surface area contributed by atoms with Crippen molar-refractivity contribution < 1.29 is 27.9 Å². The van der Waals surface area contributed by atoms with Gasteiger partial charge in [0.25, 0.3) is 5.91 Å². The van der Waals surface area contributed by atoms with Gasteiger partial charge >= 0.3 is 12.1 Å². The monoisotopic (exact) mass is 423 g/mol. The van der Waals surface area contributed by atoms with Gasteiger partial charge in [-0.3, -0.25) is 14.9 Å². The van der Waals surface area contributed by atoms with Crippen LogP contribution >= 0.6 is 11.3 Å².